The van der Waals surface area contributed by atoms with E-state index in [0.717, 1.165) is 4.90 Å². The molecule has 0 saturated carbocycles. The van der Waals surface area contributed by atoms with Crippen molar-refractivity contribution in [1.29, 1.82) is 0 Å². The highest BCUT2D eigenvalue weighted by atomic mass is 16.5. The van der Waals surface area contributed by atoms with Crippen molar-refractivity contribution in [2.24, 2.45) is 0 Å². The van der Waals surface area contributed by atoms with Gasteiger partial charge in [0, 0.05) is 12.6 Å². The SMILES string of the molecule is COC[C@@H](C(C)=O)N(C(=O)O)C(C)(C)C. The maximum Gasteiger partial charge on any atom is 0.408 e. The van der Waals surface area contributed by atoms with Gasteiger partial charge in [0.1, 0.15) is 6.04 Å². The maximum atomic E-state index is 11.3. The summed E-state index contributed by atoms with van der Waals surface area (Å²) in [5, 5.41) is 9.07. The molecule has 0 fully saturated rings. The quantitative estimate of drug-likeness (QED) is 0.772. The van der Waals surface area contributed by atoms with E-state index >= 15 is 0 Å². The van der Waals surface area contributed by atoms with E-state index in [-0.39, 0.29) is 12.4 Å². The lowest BCUT2D eigenvalue weighted by Gasteiger charge is -2.38. The first-order valence-electron chi connectivity index (χ1n) is 4.73. The van der Waals surface area contributed by atoms with Gasteiger partial charge in [0.25, 0.3) is 0 Å². The van der Waals surface area contributed by atoms with E-state index < -0.39 is 17.7 Å². The smallest absolute Gasteiger partial charge is 0.408 e. The number of methoxy groups -OCH3 is 1. The number of amides is 1. The maximum absolute atomic E-state index is 11.3. The van der Waals surface area contributed by atoms with Gasteiger partial charge in [-0.1, -0.05) is 0 Å². The molecule has 0 unspecified atom stereocenters. The number of carboxylic acid groups (broad SMARTS) is 1. The van der Waals surface area contributed by atoms with Gasteiger partial charge in [-0.3, -0.25) is 9.69 Å². The average molecular weight is 217 g/mol. The second-order valence-corrected chi connectivity index (χ2v) is 4.41. The lowest BCUT2D eigenvalue weighted by molar-refractivity contribution is -0.125. The summed E-state index contributed by atoms with van der Waals surface area (Å²) in [7, 11) is 1.44. The Balaban J connectivity index is 5.02. The van der Waals surface area contributed by atoms with Crippen molar-refractivity contribution in [2.75, 3.05) is 13.7 Å². The molecule has 0 spiro atoms. The minimum Gasteiger partial charge on any atom is -0.465 e. The van der Waals surface area contributed by atoms with Gasteiger partial charge in [-0.15, -0.1) is 0 Å². The summed E-state index contributed by atoms with van der Waals surface area (Å²) in [6.07, 6.45) is -1.11. The fourth-order valence-electron chi connectivity index (χ4n) is 1.42. The fourth-order valence-corrected chi connectivity index (χ4v) is 1.42. The number of carbonyl (C=O) groups excluding carboxylic acids is 1. The third-order valence-electron chi connectivity index (χ3n) is 2.03. The van der Waals surface area contributed by atoms with Crippen LogP contribution in [0.5, 0.6) is 0 Å². The number of carbonyl (C=O) groups is 2. The average Bonchev–Trinajstić information content (AvgIpc) is 1.99. The second kappa shape index (κ2) is 5.11. The Kier molecular flexibility index (Phi) is 4.74. The summed E-state index contributed by atoms with van der Waals surface area (Å²) in [4.78, 5) is 23.6. The second-order valence-electron chi connectivity index (χ2n) is 4.41. The summed E-state index contributed by atoms with van der Waals surface area (Å²) < 4.78 is 4.87. The number of nitrogens with zero attached hydrogens (tertiary/aromatic N) is 1. The molecule has 5 nitrogen and oxygen atoms in total. The van der Waals surface area contributed by atoms with Crippen molar-refractivity contribution < 1.29 is 19.4 Å². The van der Waals surface area contributed by atoms with Gasteiger partial charge in [0.2, 0.25) is 0 Å². The highest BCUT2D eigenvalue weighted by Gasteiger charge is 2.35. The van der Waals surface area contributed by atoms with Gasteiger partial charge in [-0.2, -0.15) is 0 Å². The van der Waals surface area contributed by atoms with Crippen molar-refractivity contribution >= 4 is 11.9 Å². The van der Waals surface area contributed by atoms with Gasteiger partial charge in [0.15, 0.2) is 5.78 Å². The molecule has 0 heterocycles. The zero-order valence-electron chi connectivity index (χ0n) is 9.90. The molecule has 0 aliphatic rings. The summed E-state index contributed by atoms with van der Waals surface area (Å²) in [5.41, 5.74) is -0.624. The summed E-state index contributed by atoms with van der Waals surface area (Å²) in [5.74, 6) is -0.214. The lowest BCUT2D eigenvalue weighted by Crippen LogP contribution is -2.55. The van der Waals surface area contributed by atoms with Crippen molar-refractivity contribution in [3.63, 3.8) is 0 Å². The van der Waals surface area contributed by atoms with Crippen LogP contribution in [0.25, 0.3) is 0 Å². The Morgan fingerprint density at radius 1 is 1.40 bits per heavy atom. The molecule has 0 rings (SSSR count). The standard InChI is InChI=1S/C10H19NO4/c1-7(12)8(6-15-5)11(9(13)14)10(2,3)4/h8H,6H2,1-5H3,(H,13,14)/t8-/m0/s1. The van der Waals surface area contributed by atoms with E-state index in [1.807, 2.05) is 0 Å². The van der Waals surface area contributed by atoms with Crippen molar-refractivity contribution in [2.45, 2.75) is 39.3 Å². The molecule has 88 valence electrons. The van der Waals surface area contributed by atoms with Gasteiger partial charge in [-0.25, -0.2) is 4.79 Å². The number of ketones is 1. The Hall–Kier alpha value is -1.10. The molecule has 1 atom stereocenters. The number of hydrogen-bond donors (Lipinski definition) is 1. The van der Waals surface area contributed by atoms with E-state index in [1.165, 1.54) is 14.0 Å². The highest BCUT2D eigenvalue weighted by Crippen LogP contribution is 2.18. The molecule has 0 aliphatic carbocycles. The minimum atomic E-state index is -1.11. The Bertz CT molecular complexity index is 244. The van der Waals surface area contributed by atoms with Crippen LogP contribution in [0.2, 0.25) is 0 Å². The third kappa shape index (κ3) is 3.87. The Morgan fingerprint density at radius 2 is 1.87 bits per heavy atom. The molecule has 0 aliphatic heterocycles. The first-order chi connectivity index (χ1) is 6.71. The number of Topliss-reactive ketones (excluding diaryl/α,β-unsaturated/α-hetero) is 1. The van der Waals surface area contributed by atoms with Gasteiger partial charge in [0.05, 0.1) is 6.61 Å². The number of rotatable bonds is 4. The van der Waals surface area contributed by atoms with Crippen LogP contribution in [0.4, 0.5) is 4.79 Å². The summed E-state index contributed by atoms with van der Waals surface area (Å²) in [6, 6.07) is -0.743. The molecular weight excluding hydrogens is 198 g/mol. The monoisotopic (exact) mass is 217 g/mol. The van der Waals surface area contributed by atoms with Crippen molar-refractivity contribution in [3.05, 3.63) is 0 Å². The van der Waals surface area contributed by atoms with Crippen LogP contribution in [0, 0.1) is 0 Å². The molecule has 0 aromatic heterocycles. The molecule has 0 aromatic rings. The first kappa shape index (κ1) is 13.9. The van der Waals surface area contributed by atoms with E-state index in [2.05, 4.69) is 0 Å². The summed E-state index contributed by atoms with van der Waals surface area (Å²) >= 11 is 0. The molecule has 15 heavy (non-hydrogen) atoms. The van der Waals surface area contributed by atoms with Crippen LogP contribution in [0.15, 0.2) is 0 Å². The third-order valence-corrected chi connectivity index (χ3v) is 2.03. The predicted molar refractivity (Wildman–Crippen MR) is 56.0 cm³/mol. The topological polar surface area (TPSA) is 66.8 Å². The molecule has 0 bridgehead atoms. The normalized spacial score (nSPS) is 13.4. The minimum absolute atomic E-state index is 0.0822. The molecule has 0 saturated heterocycles. The van der Waals surface area contributed by atoms with Crippen LogP contribution >= 0.6 is 0 Å². The van der Waals surface area contributed by atoms with E-state index in [9.17, 15) is 9.59 Å². The van der Waals surface area contributed by atoms with Crippen LogP contribution in [-0.2, 0) is 9.53 Å². The fraction of sp³-hybridized carbons (Fsp3) is 0.800. The molecule has 0 aromatic carbocycles. The van der Waals surface area contributed by atoms with Crippen LogP contribution in [0.3, 0.4) is 0 Å². The molecule has 0 radical (unpaired) electrons. The zero-order valence-corrected chi connectivity index (χ0v) is 9.90. The molecular formula is C10H19NO4. The first-order valence-corrected chi connectivity index (χ1v) is 4.73. The van der Waals surface area contributed by atoms with Crippen molar-refractivity contribution in [1.82, 2.24) is 4.90 Å². The highest BCUT2D eigenvalue weighted by molar-refractivity contribution is 5.85. The van der Waals surface area contributed by atoms with Crippen LogP contribution < -0.4 is 0 Å². The predicted octanol–water partition coefficient (Wildman–Crippen LogP) is 1.37. The van der Waals surface area contributed by atoms with Crippen LogP contribution in [-0.4, -0.2) is 47.2 Å². The van der Waals surface area contributed by atoms with E-state index in [1.54, 1.807) is 20.8 Å². The van der Waals surface area contributed by atoms with Crippen LogP contribution in [0.1, 0.15) is 27.7 Å². The van der Waals surface area contributed by atoms with E-state index in [4.69, 9.17) is 9.84 Å². The molecule has 5 heteroatoms. The van der Waals surface area contributed by atoms with E-state index in [0.29, 0.717) is 0 Å². The number of ether oxygens (including phenoxy) is 1. The van der Waals surface area contributed by atoms with Gasteiger partial charge < -0.3 is 9.84 Å². The van der Waals surface area contributed by atoms with Gasteiger partial charge in [-0.05, 0) is 27.7 Å². The van der Waals surface area contributed by atoms with Gasteiger partial charge >= 0.3 is 6.09 Å². The molecule has 1 N–H and O–H groups in total. The summed E-state index contributed by atoms with van der Waals surface area (Å²) in [6.45, 7) is 6.68. The Morgan fingerprint density at radius 3 is 2.07 bits per heavy atom. The van der Waals surface area contributed by atoms with Crippen molar-refractivity contribution in [3.8, 4) is 0 Å². The zero-order chi connectivity index (χ0) is 12.2. The largest absolute Gasteiger partial charge is 0.465 e. The Labute approximate surface area is 90.0 Å². The lowest BCUT2D eigenvalue weighted by atomic mass is 10.0. The molecule has 1 amide bonds. The number of hydrogen-bond acceptors (Lipinski definition) is 3.